The number of ketones is 1. The highest BCUT2D eigenvalue weighted by atomic mass is 16.6. The van der Waals surface area contributed by atoms with Gasteiger partial charge in [0.15, 0.2) is 11.5 Å². The maximum Gasteiger partial charge on any atom is 0.269 e. The third-order valence-corrected chi connectivity index (χ3v) is 4.14. The summed E-state index contributed by atoms with van der Waals surface area (Å²) >= 11 is 0. The zero-order valence-electron chi connectivity index (χ0n) is 12.8. The summed E-state index contributed by atoms with van der Waals surface area (Å²) in [6, 6.07) is 11.8. The van der Waals surface area contributed by atoms with E-state index in [1.807, 2.05) is 18.2 Å². The Morgan fingerprint density at radius 2 is 1.96 bits per heavy atom. The molecule has 0 unspecified atom stereocenters. The summed E-state index contributed by atoms with van der Waals surface area (Å²) in [7, 11) is 0. The zero-order valence-corrected chi connectivity index (χ0v) is 12.8. The van der Waals surface area contributed by atoms with Crippen molar-refractivity contribution in [3.63, 3.8) is 0 Å². The van der Waals surface area contributed by atoms with E-state index in [9.17, 15) is 14.9 Å². The number of benzene rings is 1. The van der Waals surface area contributed by atoms with Crippen LogP contribution in [-0.4, -0.2) is 25.3 Å². The van der Waals surface area contributed by atoms with Crippen LogP contribution >= 0.6 is 0 Å². The molecule has 0 aliphatic heterocycles. The van der Waals surface area contributed by atoms with Crippen molar-refractivity contribution in [3.05, 3.63) is 58.4 Å². The number of hydrogen-bond acceptors (Lipinski definition) is 5. The molecule has 7 nitrogen and oxygen atoms in total. The van der Waals surface area contributed by atoms with E-state index in [1.165, 1.54) is 12.1 Å². The van der Waals surface area contributed by atoms with Crippen LogP contribution in [0.15, 0.2) is 42.5 Å². The van der Waals surface area contributed by atoms with Gasteiger partial charge in [-0.2, -0.15) is 5.10 Å². The molecule has 1 aliphatic rings. The Morgan fingerprint density at radius 1 is 1.21 bits per heavy atom. The summed E-state index contributed by atoms with van der Waals surface area (Å²) in [5.41, 5.74) is 2.28. The first-order valence-electron chi connectivity index (χ1n) is 7.74. The van der Waals surface area contributed by atoms with Crippen LogP contribution in [0, 0.1) is 16.0 Å². The number of carbonyl (C=O) groups excluding carboxylic acids is 1. The fourth-order valence-corrected chi connectivity index (χ4v) is 2.70. The Bertz CT molecular complexity index is 942. The molecule has 1 aromatic carbocycles. The van der Waals surface area contributed by atoms with E-state index in [1.54, 1.807) is 16.6 Å². The molecular formula is C17H14N4O3. The molecule has 0 bridgehead atoms. The molecule has 0 spiro atoms. The number of carbonyl (C=O) groups is 1. The van der Waals surface area contributed by atoms with E-state index in [4.69, 9.17) is 0 Å². The molecule has 1 fully saturated rings. The summed E-state index contributed by atoms with van der Waals surface area (Å²) in [4.78, 5) is 26.7. The van der Waals surface area contributed by atoms with Crippen LogP contribution in [-0.2, 0) is 11.2 Å². The summed E-state index contributed by atoms with van der Waals surface area (Å²) in [5, 5.41) is 15.2. The number of aromatic nitrogens is 3. The smallest absolute Gasteiger partial charge is 0.269 e. The Kier molecular flexibility index (Phi) is 3.34. The topological polar surface area (TPSA) is 90.4 Å². The average molecular weight is 322 g/mol. The number of non-ortho nitro benzene ring substituents is 1. The molecule has 2 aromatic heterocycles. The molecule has 0 N–H and O–H groups in total. The van der Waals surface area contributed by atoms with Gasteiger partial charge in [0, 0.05) is 23.6 Å². The van der Waals surface area contributed by atoms with Crippen LogP contribution in [0.2, 0.25) is 0 Å². The van der Waals surface area contributed by atoms with Crippen molar-refractivity contribution in [3.8, 4) is 11.3 Å². The Labute approximate surface area is 137 Å². The summed E-state index contributed by atoms with van der Waals surface area (Å²) in [6.45, 7) is 0. The van der Waals surface area contributed by atoms with Crippen molar-refractivity contribution < 1.29 is 9.72 Å². The number of nitro benzene ring substituents is 1. The second-order valence-electron chi connectivity index (χ2n) is 5.93. The molecule has 120 valence electrons. The van der Waals surface area contributed by atoms with Gasteiger partial charge in [-0.1, -0.05) is 6.07 Å². The van der Waals surface area contributed by atoms with Crippen LogP contribution < -0.4 is 0 Å². The van der Waals surface area contributed by atoms with Gasteiger partial charge in [0.2, 0.25) is 0 Å². The van der Waals surface area contributed by atoms with Crippen molar-refractivity contribution in [2.75, 3.05) is 0 Å². The Balaban J connectivity index is 1.70. The minimum atomic E-state index is -0.429. The van der Waals surface area contributed by atoms with Gasteiger partial charge in [0.25, 0.3) is 5.69 Å². The molecule has 0 saturated heterocycles. The van der Waals surface area contributed by atoms with E-state index < -0.39 is 4.92 Å². The Hall–Kier alpha value is -3.09. The number of fused-ring (bicyclic) bond motifs is 1. The highest BCUT2D eigenvalue weighted by molar-refractivity contribution is 5.84. The second-order valence-corrected chi connectivity index (χ2v) is 5.93. The highest BCUT2D eigenvalue weighted by Crippen LogP contribution is 2.30. The average Bonchev–Trinajstić information content (AvgIpc) is 3.35. The molecule has 4 rings (SSSR count). The van der Waals surface area contributed by atoms with Crippen molar-refractivity contribution >= 4 is 17.1 Å². The molecule has 7 heteroatoms. The van der Waals surface area contributed by atoms with Gasteiger partial charge in [-0.05, 0) is 37.1 Å². The third-order valence-electron chi connectivity index (χ3n) is 4.14. The van der Waals surface area contributed by atoms with Gasteiger partial charge in [0.05, 0.1) is 17.0 Å². The minimum absolute atomic E-state index is 0.0419. The van der Waals surface area contributed by atoms with Gasteiger partial charge in [-0.3, -0.25) is 14.9 Å². The van der Waals surface area contributed by atoms with Gasteiger partial charge >= 0.3 is 0 Å². The molecule has 3 aromatic rings. The van der Waals surface area contributed by atoms with Crippen LogP contribution in [0.1, 0.15) is 18.7 Å². The summed E-state index contributed by atoms with van der Waals surface area (Å²) in [6.07, 6.45) is 2.20. The van der Waals surface area contributed by atoms with Gasteiger partial charge in [-0.25, -0.2) is 9.50 Å². The normalized spacial score (nSPS) is 14.0. The van der Waals surface area contributed by atoms with Crippen LogP contribution in [0.3, 0.4) is 0 Å². The highest BCUT2D eigenvalue weighted by Gasteiger charge is 2.30. The quantitative estimate of drug-likeness (QED) is 0.532. The Morgan fingerprint density at radius 3 is 2.62 bits per heavy atom. The fraction of sp³-hybridized carbons (Fsp3) is 0.235. The molecule has 1 aliphatic carbocycles. The van der Waals surface area contributed by atoms with Gasteiger partial charge < -0.3 is 0 Å². The van der Waals surface area contributed by atoms with Crippen LogP contribution in [0.4, 0.5) is 5.69 Å². The molecule has 0 radical (unpaired) electrons. The lowest BCUT2D eigenvalue weighted by Crippen LogP contribution is -2.06. The predicted molar refractivity (Wildman–Crippen MR) is 86.5 cm³/mol. The number of Topliss-reactive ketones (excluding diaryl/α,β-unsaturated/α-hetero) is 1. The van der Waals surface area contributed by atoms with Gasteiger partial charge in [-0.15, -0.1) is 0 Å². The van der Waals surface area contributed by atoms with Crippen LogP contribution in [0.25, 0.3) is 16.9 Å². The monoisotopic (exact) mass is 322 g/mol. The SMILES string of the molecule is O=C(Cc1nc2cccc(-c3ccc([N+](=O)[O-])cc3)n2n1)C1CC1. The minimum Gasteiger partial charge on any atom is -0.299 e. The molecule has 2 heterocycles. The molecule has 24 heavy (non-hydrogen) atoms. The number of rotatable bonds is 5. The van der Waals surface area contributed by atoms with Crippen molar-refractivity contribution in [2.24, 2.45) is 5.92 Å². The lowest BCUT2D eigenvalue weighted by Gasteiger charge is -2.03. The first kappa shape index (κ1) is 14.5. The van der Waals surface area contributed by atoms with Crippen molar-refractivity contribution in [2.45, 2.75) is 19.3 Å². The van der Waals surface area contributed by atoms with E-state index in [0.29, 0.717) is 11.5 Å². The maximum atomic E-state index is 12.0. The number of hydrogen-bond donors (Lipinski definition) is 0. The molecule has 1 saturated carbocycles. The molecular weight excluding hydrogens is 308 g/mol. The van der Waals surface area contributed by atoms with E-state index in [-0.39, 0.29) is 23.8 Å². The largest absolute Gasteiger partial charge is 0.299 e. The summed E-state index contributed by atoms with van der Waals surface area (Å²) in [5.74, 6) is 0.898. The summed E-state index contributed by atoms with van der Waals surface area (Å²) < 4.78 is 1.68. The third kappa shape index (κ3) is 2.64. The van der Waals surface area contributed by atoms with Gasteiger partial charge in [0.1, 0.15) is 5.78 Å². The standard InChI is InChI=1S/C17H14N4O3/c22-15(12-4-5-12)10-16-18-17-3-1-2-14(20(17)19-16)11-6-8-13(9-7-11)21(23)24/h1-3,6-9,12H,4-5,10H2. The number of pyridine rings is 1. The first-order valence-corrected chi connectivity index (χ1v) is 7.74. The fourth-order valence-electron chi connectivity index (χ4n) is 2.70. The van der Waals surface area contributed by atoms with Crippen molar-refractivity contribution in [1.82, 2.24) is 14.6 Å². The predicted octanol–water partition coefficient (Wildman–Crippen LogP) is 2.83. The zero-order chi connectivity index (χ0) is 16.7. The lowest BCUT2D eigenvalue weighted by atomic mass is 10.1. The first-order chi connectivity index (χ1) is 11.6. The number of nitro groups is 1. The molecule has 0 amide bonds. The number of nitrogens with zero attached hydrogens (tertiary/aromatic N) is 4. The van der Waals surface area contributed by atoms with Crippen molar-refractivity contribution in [1.29, 1.82) is 0 Å². The lowest BCUT2D eigenvalue weighted by molar-refractivity contribution is -0.384. The van der Waals surface area contributed by atoms with E-state index in [2.05, 4.69) is 10.1 Å². The van der Waals surface area contributed by atoms with E-state index >= 15 is 0 Å². The maximum absolute atomic E-state index is 12.0. The van der Waals surface area contributed by atoms with Crippen LogP contribution in [0.5, 0.6) is 0 Å². The second kappa shape index (κ2) is 5.52. The molecule has 0 atom stereocenters. The van der Waals surface area contributed by atoms with E-state index in [0.717, 1.165) is 24.1 Å².